The number of nitrogens with one attached hydrogen (secondary N) is 1. The van der Waals surface area contributed by atoms with Crippen molar-refractivity contribution in [1.82, 2.24) is 9.62 Å². The van der Waals surface area contributed by atoms with Gasteiger partial charge in [0.1, 0.15) is 9.96 Å². The molecule has 1 amide bonds. The average Bonchev–Trinajstić information content (AvgIpc) is 3.03. The monoisotopic (exact) mass is 382 g/mol. The fourth-order valence-electron chi connectivity index (χ4n) is 2.38. The maximum absolute atomic E-state index is 12.5. The maximum Gasteiger partial charge on any atom is 0.255 e. The van der Waals surface area contributed by atoms with E-state index in [-0.39, 0.29) is 22.1 Å². The number of sulfonamides is 1. The number of rotatable bonds is 7. The van der Waals surface area contributed by atoms with Crippen molar-refractivity contribution >= 4 is 27.3 Å². The van der Waals surface area contributed by atoms with Gasteiger partial charge in [-0.15, -0.1) is 11.3 Å². The lowest BCUT2D eigenvalue weighted by Gasteiger charge is -2.16. The zero-order valence-corrected chi connectivity index (χ0v) is 16.1. The largest absolute Gasteiger partial charge is 0.507 e. The van der Waals surface area contributed by atoms with Crippen LogP contribution in [0.1, 0.15) is 34.6 Å². The van der Waals surface area contributed by atoms with Crippen molar-refractivity contribution in [3.05, 3.63) is 46.3 Å². The van der Waals surface area contributed by atoms with Gasteiger partial charge in [0.2, 0.25) is 0 Å². The van der Waals surface area contributed by atoms with E-state index < -0.39 is 15.9 Å². The van der Waals surface area contributed by atoms with Gasteiger partial charge in [0.25, 0.3) is 15.9 Å². The first kappa shape index (κ1) is 19.4. The lowest BCUT2D eigenvalue weighted by molar-refractivity contribution is 0.0948. The smallest absolute Gasteiger partial charge is 0.255 e. The second kappa shape index (κ2) is 7.99. The van der Waals surface area contributed by atoms with E-state index in [1.807, 2.05) is 6.92 Å². The molecule has 0 saturated carbocycles. The van der Waals surface area contributed by atoms with E-state index in [1.54, 1.807) is 38.1 Å². The minimum Gasteiger partial charge on any atom is -0.507 e. The first-order valence-electron chi connectivity index (χ1n) is 7.96. The van der Waals surface area contributed by atoms with E-state index in [4.69, 9.17) is 0 Å². The molecule has 0 aliphatic heterocycles. The van der Waals surface area contributed by atoms with Gasteiger partial charge in [-0.2, -0.15) is 4.31 Å². The quantitative estimate of drug-likeness (QED) is 0.771. The molecule has 0 aliphatic rings. The van der Waals surface area contributed by atoms with Gasteiger partial charge >= 0.3 is 0 Å². The van der Waals surface area contributed by atoms with Crippen LogP contribution >= 0.6 is 11.3 Å². The highest BCUT2D eigenvalue weighted by molar-refractivity contribution is 7.91. The van der Waals surface area contributed by atoms with E-state index >= 15 is 0 Å². The van der Waals surface area contributed by atoms with Crippen LogP contribution in [0, 0.1) is 6.92 Å². The molecule has 25 heavy (non-hydrogen) atoms. The summed E-state index contributed by atoms with van der Waals surface area (Å²) in [6.45, 7) is 6.44. The Morgan fingerprint density at radius 2 is 1.88 bits per heavy atom. The number of benzene rings is 1. The Morgan fingerprint density at radius 1 is 1.20 bits per heavy atom. The number of thiophene rings is 1. The zero-order valence-electron chi connectivity index (χ0n) is 14.4. The first-order valence-corrected chi connectivity index (χ1v) is 10.2. The molecule has 8 heteroatoms. The van der Waals surface area contributed by atoms with Gasteiger partial charge in [0.05, 0.1) is 12.1 Å². The normalized spacial score (nSPS) is 11.7. The summed E-state index contributed by atoms with van der Waals surface area (Å²) in [6.07, 6.45) is 0. The molecule has 1 aromatic heterocycles. The molecule has 0 radical (unpaired) electrons. The number of phenols is 1. The van der Waals surface area contributed by atoms with Crippen LogP contribution in [0.2, 0.25) is 0 Å². The van der Waals surface area contributed by atoms with Gasteiger partial charge in [-0.1, -0.05) is 19.9 Å². The molecule has 1 aromatic carbocycles. The van der Waals surface area contributed by atoms with Crippen molar-refractivity contribution in [3.8, 4) is 5.75 Å². The Balaban J connectivity index is 2.08. The molecule has 0 bridgehead atoms. The van der Waals surface area contributed by atoms with Crippen molar-refractivity contribution in [2.24, 2.45) is 0 Å². The molecule has 0 aliphatic carbocycles. The van der Waals surface area contributed by atoms with Crippen LogP contribution in [-0.2, 0) is 16.6 Å². The number of carbonyl (C=O) groups excluding carboxylic acids is 1. The van der Waals surface area contributed by atoms with Crippen LogP contribution in [0.5, 0.6) is 5.75 Å². The minimum absolute atomic E-state index is 0.0755. The van der Waals surface area contributed by atoms with Crippen molar-refractivity contribution in [1.29, 1.82) is 0 Å². The molecular formula is C17H22N2O4S2. The summed E-state index contributed by atoms with van der Waals surface area (Å²) in [5, 5.41) is 12.5. The predicted octanol–water partition coefficient (Wildman–Crippen LogP) is 2.72. The first-order chi connectivity index (χ1) is 11.8. The fraction of sp³-hybridized carbons (Fsp3) is 0.353. The van der Waals surface area contributed by atoms with E-state index in [1.165, 1.54) is 10.4 Å². The minimum atomic E-state index is -3.48. The third-order valence-electron chi connectivity index (χ3n) is 3.76. The van der Waals surface area contributed by atoms with Gasteiger partial charge in [-0.25, -0.2) is 8.42 Å². The average molecular weight is 383 g/mol. The molecule has 136 valence electrons. The standard InChI is InChI=1S/C17H22N2O4S2/c1-4-19(5-2)25(22,23)16-9-7-13(24-16)11-18-17(21)14-8-6-12(3)10-15(14)20/h6-10,20H,4-5,11H2,1-3H3,(H,18,21). The molecule has 0 spiro atoms. The second-order valence-electron chi connectivity index (χ2n) is 5.51. The number of amides is 1. The summed E-state index contributed by atoms with van der Waals surface area (Å²) in [5.41, 5.74) is 1.05. The summed E-state index contributed by atoms with van der Waals surface area (Å²) in [4.78, 5) is 12.9. The van der Waals surface area contributed by atoms with Gasteiger partial charge in [0, 0.05) is 18.0 Å². The Hall–Kier alpha value is -1.90. The van der Waals surface area contributed by atoms with E-state index in [2.05, 4.69) is 5.32 Å². The molecule has 0 unspecified atom stereocenters. The van der Waals surface area contributed by atoms with Crippen molar-refractivity contribution < 1.29 is 18.3 Å². The highest BCUT2D eigenvalue weighted by Crippen LogP contribution is 2.25. The Morgan fingerprint density at radius 3 is 2.48 bits per heavy atom. The zero-order chi connectivity index (χ0) is 18.6. The van der Waals surface area contributed by atoms with Crippen LogP contribution < -0.4 is 5.32 Å². The van der Waals surface area contributed by atoms with Crippen LogP contribution in [0.4, 0.5) is 0 Å². The highest BCUT2D eigenvalue weighted by Gasteiger charge is 2.23. The van der Waals surface area contributed by atoms with Gasteiger partial charge in [-0.05, 0) is 36.8 Å². The van der Waals surface area contributed by atoms with Crippen LogP contribution in [0.15, 0.2) is 34.5 Å². The van der Waals surface area contributed by atoms with Crippen LogP contribution in [0.25, 0.3) is 0 Å². The topological polar surface area (TPSA) is 86.7 Å². The van der Waals surface area contributed by atoms with Crippen molar-refractivity contribution in [2.45, 2.75) is 31.5 Å². The molecule has 2 N–H and O–H groups in total. The molecule has 2 rings (SSSR count). The molecule has 0 fully saturated rings. The number of nitrogens with zero attached hydrogens (tertiary/aromatic N) is 1. The van der Waals surface area contributed by atoms with Crippen LogP contribution in [0.3, 0.4) is 0 Å². The van der Waals surface area contributed by atoms with E-state index in [0.717, 1.165) is 21.8 Å². The van der Waals surface area contributed by atoms with E-state index in [0.29, 0.717) is 13.1 Å². The third-order valence-corrected chi connectivity index (χ3v) is 7.36. The number of aromatic hydroxyl groups is 1. The van der Waals surface area contributed by atoms with Crippen molar-refractivity contribution in [3.63, 3.8) is 0 Å². The number of aryl methyl sites for hydroxylation is 1. The predicted molar refractivity (Wildman–Crippen MR) is 98.4 cm³/mol. The molecule has 1 heterocycles. The number of carbonyl (C=O) groups is 1. The van der Waals surface area contributed by atoms with Crippen molar-refractivity contribution in [2.75, 3.05) is 13.1 Å². The Bertz CT molecular complexity index is 855. The SMILES string of the molecule is CCN(CC)S(=O)(=O)c1ccc(CNC(=O)c2ccc(C)cc2O)s1. The summed E-state index contributed by atoms with van der Waals surface area (Å²) in [7, 11) is -3.48. The van der Waals surface area contributed by atoms with Gasteiger partial charge in [0.15, 0.2) is 0 Å². The van der Waals surface area contributed by atoms with Crippen LogP contribution in [-0.4, -0.2) is 36.8 Å². The summed E-state index contributed by atoms with van der Waals surface area (Å²) < 4.78 is 26.6. The number of hydrogen-bond donors (Lipinski definition) is 2. The summed E-state index contributed by atoms with van der Waals surface area (Å²) >= 11 is 1.14. The highest BCUT2D eigenvalue weighted by atomic mass is 32.2. The molecule has 0 atom stereocenters. The number of phenolic OH excluding ortho intramolecular Hbond substituents is 1. The maximum atomic E-state index is 12.5. The fourth-order valence-corrected chi connectivity index (χ4v) is 5.29. The third kappa shape index (κ3) is 4.39. The summed E-state index contributed by atoms with van der Waals surface area (Å²) in [6, 6.07) is 8.08. The van der Waals surface area contributed by atoms with Gasteiger partial charge < -0.3 is 10.4 Å². The Labute approximate surface area is 152 Å². The second-order valence-corrected chi connectivity index (χ2v) is 8.85. The molecule has 6 nitrogen and oxygen atoms in total. The lowest BCUT2D eigenvalue weighted by atomic mass is 10.1. The van der Waals surface area contributed by atoms with E-state index in [9.17, 15) is 18.3 Å². The summed E-state index contributed by atoms with van der Waals surface area (Å²) in [5.74, 6) is -0.479. The Kier molecular flexibility index (Phi) is 6.21. The number of hydrogen-bond acceptors (Lipinski definition) is 5. The molecular weight excluding hydrogens is 360 g/mol. The molecule has 2 aromatic rings. The van der Waals surface area contributed by atoms with Gasteiger partial charge in [-0.3, -0.25) is 4.79 Å². The molecule has 0 saturated heterocycles. The lowest BCUT2D eigenvalue weighted by Crippen LogP contribution is -2.30.